The van der Waals surface area contributed by atoms with Crippen molar-refractivity contribution >= 4 is 12.1 Å². The molecule has 0 rings (SSSR count). The van der Waals surface area contributed by atoms with Gasteiger partial charge in [-0.1, -0.05) is 0 Å². The van der Waals surface area contributed by atoms with Crippen LogP contribution in [-0.2, 0) is 9.53 Å². The van der Waals surface area contributed by atoms with Crippen molar-refractivity contribution in [1.29, 1.82) is 0 Å². The number of aliphatic carboxylic acids is 1. The van der Waals surface area contributed by atoms with Crippen LogP contribution in [0.3, 0.4) is 0 Å². The molecule has 0 aromatic carbocycles. The maximum Gasteiger partial charge on any atom is 0.408 e. The van der Waals surface area contributed by atoms with Crippen LogP contribution < -0.4 is 5.32 Å². The Kier molecular flexibility index (Phi) is 7.94. The normalized spacial score (nSPS) is 15.2. The third-order valence-corrected chi connectivity index (χ3v) is 2.50. The highest BCUT2D eigenvalue weighted by Gasteiger charge is 2.21. The van der Waals surface area contributed by atoms with Gasteiger partial charge >= 0.3 is 12.1 Å². The minimum Gasteiger partial charge on any atom is -0.481 e. The van der Waals surface area contributed by atoms with Gasteiger partial charge in [0.05, 0.1) is 12.0 Å². The molecule has 6 nitrogen and oxygen atoms in total. The molecule has 0 radical (unpaired) electrons. The van der Waals surface area contributed by atoms with Crippen molar-refractivity contribution in [2.45, 2.75) is 52.2 Å². The van der Waals surface area contributed by atoms with Gasteiger partial charge in [0, 0.05) is 6.61 Å². The van der Waals surface area contributed by atoms with E-state index in [1.807, 2.05) is 0 Å². The minimum atomic E-state index is -1.18. The number of rotatable bonds is 7. The van der Waals surface area contributed by atoms with E-state index in [9.17, 15) is 14.0 Å². The summed E-state index contributed by atoms with van der Waals surface area (Å²) >= 11 is 0. The molecule has 0 fully saturated rings. The number of aliphatic hydroxyl groups excluding tert-OH is 1. The number of halogens is 1. The Balaban J connectivity index is 4.65. The lowest BCUT2D eigenvalue weighted by Crippen LogP contribution is -2.38. The van der Waals surface area contributed by atoms with Gasteiger partial charge in [-0.15, -0.1) is 0 Å². The lowest BCUT2D eigenvalue weighted by atomic mass is 10.0. The first-order chi connectivity index (χ1) is 9.56. The van der Waals surface area contributed by atoms with E-state index in [-0.39, 0.29) is 19.4 Å². The molecular weight excluding hydrogens is 281 g/mol. The summed E-state index contributed by atoms with van der Waals surface area (Å²) in [5, 5.41) is 19.9. The molecule has 0 aliphatic heterocycles. The van der Waals surface area contributed by atoms with Gasteiger partial charge in [0.15, 0.2) is 0 Å². The number of amides is 1. The number of nitrogens with one attached hydrogen (secondary N) is 1. The number of alkyl carbamates (subject to hydrolysis) is 1. The molecule has 0 aliphatic carbocycles. The van der Waals surface area contributed by atoms with Crippen LogP contribution in [0, 0.1) is 5.92 Å². The molecule has 3 N–H and O–H groups in total. The number of carboxylic acids is 1. The van der Waals surface area contributed by atoms with Crippen LogP contribution in [-0.4, -0.2) is 40.5 Å². The van der Waals surface area contributed by atoms with E-state index in [0.29, 0.717) is 0 Å². The van der Waals surface area contributed by atoms with Gasteiger partial charge in [-0.2, -0.15) is 0 Å². The number of carbonyl (C=O) groups is 2. The Morgan fingerprint density at radius 1 is 1.38 bits per heavy atom. The van der Waals surface area contributed by atoms with Crippen molar-refractivity contribution in [3.8, 4) is 0 Å². The van der Waals surface area contributed by atoms with Crippen molar-refractivity contribution in [3.63, 3.8) is 0 Å². The van der Waals surface area contributed by atoms with Crippen molar-refractivity contribution in [3.05, 3.63) is 11.9 Å². The van der Waals surface area contributed by atoms with Crippen molar-refractivity contribution in [1.82, 2.24) is 5.32 Å². The number of carboxylic acid groups (broad SMARTS) is 1. The molecule has 0 aliphatic rings. The van der Waals surface area contributed by atoms with E-state index in [1.54, 1.807) is 20.8 Å². The zero-order valence-electron chi connectivity index (χ0n) is 12.9. The molecule has 2 unspecified atom stereocenters. The Morgan fingerprint density at radius 2 is 1.95 bits per heavy atom. The SMILES string of the molecule is CC(NC(=O)OC(C)(C)C)/C(F)=C/C(CCCO)C(=O)O. The third-order valence-electron chi connectivity index (χ3n) is 2.50. The van der Waals surface area contributed by atoms with Gasteiger partial charge in [0.25, 0.3) is 0 Å². The molecule has 0 heterocycles. The predicted octanol–water partition coefficient (Wildman–Crippen LogP) is 2.23. The van der Waals surface area contributed by atoms with Crippen molar-refractivity contribution in [2.24, 2.45) is 5.92 Å². The second kappa shape index (κ2) is 8.61. The van der Waals surface area contributed by atoms with E-state index in [0.717, 1.165) is 6.08 Å². The van der Waals surface area contributed by atoms with Gasteiger partial charge in [-0.3, -0.25) is 4.79 Å². The molecule has 0 saturated carbocycles. The second-order valence-corrected chi connectivity index (χ2v) is 5.73. The lowest BCUT2D eigenvalue weighted by Gasteiger charge is -2.21. The molecule has 0 aromatic heterocycles. The van der Waals surface area contributed by atoms with Crippen LogP contribution >= 0.6 is 0 Å². The van der Waals surface area contributed by atoms with Gasteiger partial charge in [0.1, 0.15) is 11.4 Å². The van der Waals surface area contributed by atoms with Gasteiger partial charge in [-0.05, 0) is 46.6 Å². The average Bonchev–Trinajstić information content (AvgIpc) is 2.30. The molecule has 0 saturated heterocycles. The maximum atomic E-state index is 13.9. The highest BCUT2D eigenvalue weighted by Crippen LogP contribution is 2.15. The second-order valence-electron chi connectivity index (χ2n) is 5.73. The summed E-state index contributed by atoms with van der Waals surface area (Å²) in [6.45, 7) is 6.27. The largest absolute Gasteiger partial charge is 0.481 e. The summed E-state index contributed by atoms with van der Waals surface area (Å²) in [5.74, 6) is -2.98. The summed E-state index contributed by atoms with van der Waals surface area (Å²) in [6.07, 6.45) is 0.549. The highest BCUT2D eigenvalue weighted by molar-refractivity contribution is 5.72. The van der Waals surface area contributed by atoms with Gasteiger partial charge in [0.2, 0.25) is 0 Å². The predicted molar refractivity (Wildman–Crippen MR) is 75.5 cm³/mol. The zero-order chi connectivity index (χ0) is 16.6. The fourth-order valence-electron chi connectivity index (χ4n) is 1.48. The van der Waals surface area contributed by atoms with Crippen LogP contribution in [0.5, 0.6) is 0 Å². The summed E-state index contributed by atoms with van der Waals surface area (Å²) in [6, 6.07) is -0.990. The molecule has 0 aromatic rings. The van der Waals surface area contributed by atoms with Crippen LogP contribution in [0.1, 0.15) is 40.5 Å². The third kappa shape index (κ3) is 9.01. The number of ether oxygens (including phenoxy) is 1. The molecule has 2 atom stereocenters. The first kappa shape index (κ1) is 19.4. The first-order valence-electron chi connectivity index (χ1n) is 6.77. The van der Waals surface area contributed by atoms with E-state index < -0.39 is 35.5 Å². The maximum absolute atomic E-state index is 13.9. The Labute approximate surface area is 124 Å². The molecule has 21 heavy (non-hydrogen) atoms. The lowest BCUT2D eigenvalue weighted by molar-refractivity contribution is -0.140. The average molecular weight is 305 g/mol. The quantitative estimate of drug-likeness (QED) is 0.670. The first-order valence-corrected chi connectivity index (χ1v) is 6.77. The van der Waals surface area contributed by atoms with E-state index in [1.165, 1.54) is 6.92 Å². The van der Waals surface area contributed by atoms with Crippen LogP contribution in [0.15, 0.2) is 11.9 Å². The number of carbonyl (C=O) groups excluding carboxylic acids is 1. The Morgan fingerprint density at radius 3 is 2.38 bits per heavy atom. The number of hydrogen-bond acceptors (Lipinski definition) is 4. The van der Waals surface area contributed by atoms with Crippen LogP contribution in [0.2, 0.25) is 0 Å². The summed E-state index contributed by atoms with van der Waals surface area (Å²) in [4.78, 5) is 22.5. The van der Waals surface area contributed by atoms with Crippen molar-refractivity contribution < 1.29 is 28.9 Å². The summed E-state index contributed by atoms with van der Waals surface area (Å²) in [7, 11) is 0. The fourth-order valence-corrected chi connectivity index (χ4v) is 1.48. The summed E-state index contributed by atoms with van der Waals surface area (Å²) < 4.78 is 18.9. The minimum absolute atomic E-state index is 0.123. The summed E-state index contributed by atoms with van der Waals surface area (Å²) in [5.41, 5.74) is -0.700. The van der Waals surface area contributed by atoms with E-state index in [4.69, 9.17) is 14.9 Å². The number of aliphatic hydroxyl groups is 1. The fraction of sp³-hybridized carbons (Fsp3) is 0.714. The monoisotopic (exact) mass is 305 g/mol. The topological polar surface area (TPSA) is 95.9 Å². The van der Waals surface area contributed by atoms with E-state index in [2.05, 4.69) is 5.32 Å². The molecule has 0 spiro atoms. The molecule has 1 amide bonds. The molecule has 122 valence electrons. The molecular formula is C14H24FNO5. The molecule has 7 heteroatoms. The smallest absolute Gasteiger partial charge is 0.408 e. The highest BCUT2D eigenvalue weighted by atomic mass is 19.1. The number of hydrogen-bond donors (Lipinski definition) is 3. The van der Waals surface area contributed by atoms with Crippen LogP contribution in [0.25, 0.3) is 0 Å². The Hall–Kier alpha value is -1.63. The van der Waals surface area contributed by atoms with Crippen LogP contribution in [0.4, 0.5) is 9.18 Å². The van der Waals surface area contributed by atoms with Gasteiger partial charge in [-0.25, -0.2) is 9.18 Å². The Bertz CT molecular complexity index is 389. The molecule has 0 bridgehead atoms. The van der Waals surface area contributed by atoms with E-state index >= 15 is 0 Å². The zero-order valence-corrected chi connectivity index (χ0v) is 12.9. The standard InChI is InChI=1S/C14H24FNO5/c1-9(16-13(20)21-14(2,3)4)11(15)8-10(12(18)19)6-5-7-17/h8-10,17H,5-7H2,1-4H3,(H,16,20)(H,18,19)/b11-8-. The van der Waals surface area contributed by atoms with Gasteiger partial charge < -0.3 is 20.3 Å². The van der Waals surface area contributed by atoms with Crippen molar-refractivity contribution in [2.75, 3.05) is 6.61 Å².